The molecule has 0 unspecified atom stereocenters. The Morgan fingerprint density at radius 2 is 1.57 bits per heavy atom. The number of fused-ring (bicyclic) bond motifs is 3. The zero-order chi connectivity index (χ0) is 21.5. The first-order chi connectivity index (χ1) is 14.3. The number of anilines is 1. The highest BCUT2D eigenvalue weighted by Crippen LogP contribution is 2.44. The van der Waals surface area contributed by atoms with E-state index in [1.54, 1.807) is 0 Å². The van der Waals surface area contributed by atoms with Crippen LogP contribution in [0, 0.1) is 5.82 Å². The molecule has 3 aromatic carbocycles. The molecule has 0 aliphatic heterocycles. The molecule has 0 fully saturated rings. The first-order valence-corrected chi connectivity index (χ1v) is 8.97. The molecule has 0 bridgehead atoms. The predicted molar refractivity (Wildman–Crippen MR) is 102 cm³/mol. The highest BCUT2D eigenvalue weighted by atomic mass is 19.4. The van der Waals surface area contributed by atoms with Crippen molar-refractivity contribution in [1.82, 2.24) is 0 Å². The average molecular weight is 417 g/mol. The molecule has 0 atom stereocenters. The fraction of sp³-hybridized carbons (Fsp3) is 0.136. The van der Waals surface area contributed by atoms with Gasteiger partial charge in [-0.05, 0) is 28.3 Å². The Bertz CT molecular complexity index is 1080. The summed E-state index contributed by atoms with van der Waals surface area (Å²) < 4.78 is 57.0. The van der Waals surface area contributed by atoms with Gasteiger partial charge in [-0.3, -0.25) is 5.32 Å². The molecule has 0 aromatic heterocycles. The Morgan fingerprint density at radius 3 is 2.13 bits per heavy atom. The van der Waals surface area contributed by atoms with Crippen molar-refractivity contribution in [3.63, 3.8) is 0 Å². The van der Waals surface area contributed by atoms with Crippen LogP contribution >= 0.6 is 0 Å². The number of halogens is 4. The summed E-state index contributed by atoms with van der Waals surface area (Å²) in [6.07, 6.45) is -5.99. The quantitative estimate of drug-likeness (QED) is 0.411. The van der Waals surface area contributed by atoms with Crippen LogP contribution in [0.25, 0.3) is 11.1 Å². The van der Waals surface area contributed by atoms with E-state index in [0.717, 1.165) is 22.3 Å². The van der Waals surface area contributed by atoms with Gasteiger partial charge in [-0.2, -0.15) is 13.2 Å². The second kappa shape index (κ2) is 7.37. The summed E-state index contributed by atoms with van der Waals surface area (Å²) in [5.74, 6) is -2.76. The monoisotopic (exact) mass is 417 g/mol. The fourth-order valence-corrected chi connectivity index (χ4v) is 3.62. The van der Waals surface area contributed by atoms with Gasteiger partial charge in [-0.25, -0.2) is 9.18 Å². The molecule has 2 N–H and O–H groups in total. The number of hydrogen-bond donors (Lipinski definition) is 2. The molecule has 4 rings (SSSR count). The van der Waals surface area contributed by atoms with Crippen LogP contribution in [0.4, 0.5) is 28.0 Å². The Labute approximate surface area is 168 Å². The predicted octanol–water partition coefficient (Wildman–Crippen LogP) is 5.91. The zero-order valence-corrected chi connectivity index (χ0v) is 15.3. The number of rotatable bonds is 3. The van der Waals surface area contributed by atoms with Gasteiger partial charge in [0.25, 0.3) is 0 Å². The lowest BCUT2D eigenvalue weighted by Gasteiger charge is -2.15. The number of carbonyl (C=O) groups excluding carboxylic acids is 1. The standard InChI is InChI=1S/C22H15F4NO3/c23-18-10-19(20(28)9-17(18)22(24,25)26)27-21(29)30-11-16-14-7-3-1-5-12(14)13-6-2-4-8-15(13)16/h1-10,16,28H,11H2,(H,27,29). The zero-order valence-electron chi connectivity index (χ0n) is 15.3. The fourth-order valence-electron chi connectivity index (χ4n) is 3.62. The van der Waals surface area contributed by atoms with E-state index in [4.69, 9.17) is 4.74 Å². The summed E-state index contributed by atoms with van der Waals surface area (Å²) >= 11 is 0. The van der Waals surface area contributed by atoms with E-state index in [0.29, 0.717) is 6.07 Å². The van der Waals surface area contributed by atoms with E-state index < -0.39 is 35.1 Å². The number of nitrogens with one attached hydrogen (secondary N) is 1. The molecule has 0 saturated carbocycles. The van der Waals surface area contributed by atoms with Gasteiger partial charge in [0.05, 0.1) is 11.3 Å². The Hall–Kier alpha value is -3.55. The summed E-state index contributed by atoms with van der Waals surface area (Å²) in [4.78, 5) is 12.1. The lowest BCUT2D eigenvalue weighted by Crippen LogP contribution is -2.18. The molecular weight excluding hydrogens is 402 g/mol. The van der Waals surface area contributed by atoms with Crippen LogP contribution in [-0.2, 0) is 10.9 Å². The van der Waals surface area contributed by atoms with Gasteiger partial charge >= 0.3 is 12.3 Å². The lowest BCUT2D eigenvalue weighted by atomic mass is 9.98. The van der Waals surface area contributed by atoms with E-state index in [9.17, 15) is 27.5 Å². The van der Waals surface area contributed by atoms with Crippen molar-refractivity contribution in [2.75, 3.05) is 11.9 Å². The number of phenols is 1. The van der Waals surface area contributed by atoms with Gasteiger partial charge in [0.15, 0.2) is 0 Å². The normalized spacial score (nSPS) is 12.9. The summed E-state index contributed by atoms with van der Waals surface area (Å²) in [5.41, 5.74) is 1.88. The molecule has 0 spiro atoms. The van der Waals surface area contributed by atoms with Gasteiger partial charge in [0.2, 0.25) is 0 Å². The number of hydrogen-bond acceptors (Lipinski definition) is 3. The second-order valence-electron chi connectivity index (χ2n) is 6.80. The second-order valence-corrected chi connectivity index (χ2v) is 6.80. The van der Waals surface area contributed by atoms with Crippen LogP contribution < -0.4 is 5.32 Å². The third kappa shape index (κ3) is 3.56. The Morgan fingerprint density at radius 1 is 1.00 bits per heavy atom. The number of aromatic hydroxyl groups is 1. The SMILES string of the molecule is O=C(Nc1cc(F)c(C(F)(F)F)cc1O)OCC1c2ccccc2-c2ccccc21. The third-order valence-electron chi connectivity index (χ3n) is 4.97. The molecule has 0 heterocycles. The van der Waals surface area contributed by atoms with E-state index >= 15 is 0 Å². The Kier molecular flexibility index (Phi) is 4.85. The van der Waals surface area contributed by atoms with E-state index in [1.807, 2.05) is 48.5 Å². The van der Waals surface area contributed by atoms with Crippen LogP contribution in [-0.4, -0.2) is 17.8 Å². The van der Waals surface area contributed by atoms with Crippen molar-refractivity contribution >= 4 is 11.8 Å². The van der Waals surface area contributed by atoms with Crippen molar-refractivity contribution in [3.8, 4) is 16.9 Å². The summed E-state index contributed by atoms with van der Waals surface area (Å²) in [7, 11) is 0. The van der Waals surface area contributed by atoms with E-state index in [1.165, 1.54) is 0 Å². The summed E-state index contributed by atoms with van der Waals surface area (Å²) in [5, 5.41) is 11.8. The molecule has 0 saturated heterocycles. The molecule has 8 heteroatoms. The summed E-state index contributed by atoms with van der Waals surface area (Å²) in [6.45, 7) is -0.0380. The molecule has 30 heavy (non-hydrogen) atoms. The average Bonchev–Trinajstić information content (AvgIpc) is 3.02. The molecule has 0 radical (unpaired) electrons. The molecule has 1 amide bonds. The Balaban J connectivity index is 1.49. The van der Waals surface area contributed by atoms with Crippen molar-refractivity contribution in [2.24, 2.45) is 0 Å². The topological polar surface area (TPSA) is 58.6 Å². The minimum Gasteiger partial charge on any atom is -0.506 e. The number of alkyl halides is 3. The van der Waals surface area contributed by atoms with Crippen LogP contribution in [0.15, 0.2) is 60.7 Å². The van der Waals surface area contributed by atoms with Gasteiger partial charge in [0, 0.05) is 12.0 Å². The largest absolute Gasteiger partial charge is 0.506 e. The third-order valence-corrected chi connectivity index (χ3v) is 4.97. The smallest absolute Gasteiger partial charge is 0.419 e. The van der Waals surface area contributed by atoms with Gasteiger partial charge in [-0.15, -0.1) is 0 Å². The number of amides is 1. The van der Waals surface area contributed by atoms with Crippen molar-refractivity contribution in [1.29, 1.82) is 0 Å². The van der Waals surface area contributed by atoms with Crippen molar-refractivity contribution in [2.45, 2.75) is 12.1 Å². The van der Waals surface area contributed by atoms with Gasteiger partial charge in [0.1, 0.15) is 18.2 Å². The maximum atomic E-state index is 13.7. The molecule has 3 aromatic rings. The van der Waals surface area contributed by atoms with Crippen LogP contribution in [0.5, 0.6) is 5.75 Å². The highest BCUT2D eigenvalue weighted by molar-refractivity contribution is 5.87. The molecular formula is C22H15F4NO3. The number of carbonyl (C=O) groups is 1. The van der Waals surface area contributed by atoms with Crippen LogP contribution in [0.3, 0.4) is 0 Å². The maximum Gasteiger partial charge on any atom is 0.419 e. The maximum absolute atomic E-state index is 13.7. The van der Waals surface area contributed by atoms with Crippen molar-refractivity contribution < 1.29 is 32.2 Å². The van der Waals surface area contributed by atoms with E-state index in [2.05, 4.69) is 5.32 Å². The first-order valence-electron chi connectivity index (χ1n) is 8.97. The van der Waals surface area contributed by atoms with Crippen LogP contribution in [0.1, 0.15) is 22.6 Å². The molecule has 1 aliphatic carbocycles. The highest BCUT2D eigenvalue weighted by Gasteiger charge is 2.35. The molecule has 4 nitrogen and oxygen atoms in total. The van der Waals surface area contributed by atoms with E-state index in [-0.39, 0.29) is 18.6 Å². The van der Waals surface area contributed by atoms with Gasteiger partial charge in [-0.1, -0.05) is 48.5 Å². The number of ether oxygens (including phenoxy) is 1. The van der Waals surface area contributed by atoms with Crippen LogP contribution in [0.2, 0.25) is 0 Å². The first kappa shape index (κ1) is 19.8. The summed E-state index contributed by atoms with van der Waals surface area (Å²) in [6, 6.07) is 16.0. The minimum atomic E-state index is -4.97. The number of benzene rings is 3. The van der Waals surface area contributed by atoms with Crippen molar-refractivity contribution in [3.05, 3.63) is 83.2 Å². The minimum absolute atomic E-state index is 0.0380. The molecule has 154 valence electrons. The van der Waals surface area contributed by atoms with Gasteiger partial charge < -0.3 is 9.84 Å². The lowest BCUT2D eigenvalue weighted by molar-refractivity contribution is -0.140. The molecule has 1 aliphatic rings. The number of phenolic OH excluding ortho intramolecular Hbond substituents is 1.